The summed E-state index contributed by atoms with van der Waals surface area (Å²) >= 11 is 0. The molecule has 0 aromatic heterocycles. The molecule has 128 valence electrons. The number of likely N-dealkylation sites (tertiary alicyclic amines) is 1. The minimum absolute atomic E-state index is 0.0410. The molecule has 2 aliphatic rings. The number of amides is 2. The maximum Gasteiger partial charge on any atom is 0.246 e. The minimum atomic E-state index is -0.180. The predicted molar refractivity (Wildman–Crippen MR) is 95.4 cm³/mol. The molecule has 0 saturated carbocycles. The van der Waals surface area contributed by atoms with Crippen molar-refractivity contribution in [2.45, 2.75) is 44.4 Å². The van der Waals surface area contributed by atoms with Gasteiger partial charge in [-0.25, -0.2) is 0 Å². The quantitative estimate of drug-likeness (QED) is 0.807. The first kappa shape index (κ1) is 16.0. The number of carbonyl (C=O) groups is 2. The Kier molecular flexibility index (Phi) is 4.36. The van der Waals surface area contributed by atoms with Crippen molar-refractivity contribution in [3.8, 4) is 0 Å². The zero-order valence-electron chi connectivity index (χ0n) is 14.2. The Morgan fingerprint density at radius 3 is 1.72 bits per heavy atom. The third-order valence-corrected chi connectivity index (χ3v) is 5.25. The van der Waals surface area contributed by atoms with Crippen LogP contribution in [0.4, 0.5) is 0 Å². The standard InChI is InChI=1S/C21H22N2O2/c24-20-18-12-7-13-19(22(18)14-16-8-3-1-4-9-16)21(25)23(20)15-17-10-5-2-6-11-17/h1-6,8-11,18-19H,7,12-15H2. The van der Waals surface area contributed by atoms with Crippen molar-refractivity contribution in [1.82, 2.24) is 9.80 Å². The second-order valence-electron chi connectivity index (χ2n) is 6.87. The summed E-state index contributed by atoms with van der Waals surface area (Å²) in [4.78, 5) is 29.6. The zero-order valence-corrected chi connectivity index (χ0v) is 14.2. The molecule has 0 N–H and O–H groups in total. The molecule has 2 heterocycles. The summed E-state index contributed by atoms with van der Waals surface area (Å²) in [6.45, 7) is 1.04. The number of imide groups is 1. The molecule has 2 saturated heterocycles. The highest BCUT2D eigenvalue weighted by Crippen LogP contribution is 2.32. The molecule has 4 heteroatoms. The van der Waals surface area contributed by atoms with E-state index >= 15 is 0 Å². The molecule has 2 amide bonds. The summed E-state index contributed by atoms with van der Waals surface area (Å²) in [6.07, 6.45) is 2.61. The van der Waals surface area contributed by atoms with Gasteiger partial charge in [0.15, 0.2) is 0 Å². The summed E-state index contributed by atoms with van der Waals surface area (Å²) in [5.41, 5.74) is 2.15. The molecular formula is C21H22N2O2. The van der Waals surface area contributed by atoms with Crippen LogP contribution in [0.5, 0.6) is 0 Å². The average molecular weight is 334 g/mol. The Labute approximate surface area is 148 Å². The number of hydrogen-bond donors (Lipinski definition) is 0. The van der Waals surface area contributed by atoms with Gasteiger partial charge in [-0.3, -0.25) is 19.4 Å². The fourth-order valence-electron chi connectivity index (χ4n) is 3.99. The first-order valence-electron chi connectivity index (χ1n) is 8.93. The maximum atomic E-state index is 13.0. The second-order valence-corrected chi connectivity index (χ2v) is 6.87. The van der Waals surface area contributed by atoms with Crippen LogP contribution in [0.25, 0.3) is 0 Å². The number of piperazine rings is 1. The van der Waals surface area contributed by atoms with Crippen LogP contribution < -0.4 is 0 Å². The van der Waals surface area contributed by atoms with E-state index in [1.54, 1.807) is 0 Å². The lowest BCUT2D eigenvalue weighted by Crippen LogP contribution is -2.65. The Morgan fingerprint density at radius 2 is 1.20 bits per heavy atom. The van der Waals surface area contributed by atoms with Crippen LogP contribution >= 0.6 is 0 Å². The van der Waals surface area contributed by atoms with Gasteiger partial charge in [-0.1, -0.05) is 60.7 Å². The van der Waals surface area contributed by atoms with Gasteiger partial charge in [0.2, 0.25) is 11.8 Å². The SMILES string of the molecule is O=C1C2CCCC(C(=O)N1Cc1ccccc1)N2Cc1ccccc1. The van der Waals surface area contributed by atoms with Crippen LogP contribution in [0, 0.1) is 0 Å². The van der Waals surface area contributed by atoms with Crippen molar-refractivity contribution in [2.75, 3.05) is 0 Å². The zero-order chi connectivity index (χ0) is 17.2. The van der Waals surface area contributed by atoms with Gasteiger partial charge in [-0.15, -0.1) is 0 Å². The fourth-order valence-corrected chi connectivity index (χ4v) is 3.99. The molecule has 0 aliphatic carbocycles. The van der Waals surface area contributed by atoms with E-state index in [9.17, 15) is 9.59 Å². The number of fused-ring (bicyclic) bond motifs is 2. The Bertz CT molecular complexity index is 736. The van der Waals surface area contributed by atoms with Gasteiger partial charge in [0.25, 0.3) is 0 Å². The molecule has 25 heavy (non-hydrogen) atoms. The van der Waals surface area contributed by atoms with Crippen LogP contribution in [-0.2, 0) is 22.7 Å². The smallest absolute Gasteiger partial charge is 0.246 e. The lowest BCUT2D eigenvalue weighted by molar-refractivity contribution is -0.165. The highest BCUT2D eigenvalue weighted by atomic mass is 16.2. The molecule has 2 aromatic carbocycles. The van der Waals surface area contributed by atoms with Gasteiger partial charge < -0.3 is 0 Å². The molecule has 4 nitrogen and oxygen atoms in total. The number of nitrogens with zero attached hydrogens (tertiary/aromatic N) is 2. The summed E-state index contributed by atoms with van der Waals surface area (Å²) < 4.78 is 0. The van der Waals surface area contributed by atoms with Crippen LogP contribution in [-0.4, -0.2) is 33.7 Å². The predicted octanol–water partition coefficient (Wildman–Crippen LogP) is 2.98. The van der Waals surface area contributed by atoms with E-state index in [0.29, 0.717) is 13.1 Å². The van der Waals surface area contributed by atoms with Gasteiger partial charge in [0.05, 0.1) is 18.6 Å². The first-order chi connectivity index (χ1) is 12.2. The van der Waals surface area contributed by atoms with Gasteiger partial charge in [-0.2, -0.15) is 0 Å². The third-order valence-electron chi connectivity index (χ3n) is 5.25. The molecular weight excluding hydrogens is 312 g/mol. The molecule has 2 aliphatic heterocycles. The van der Waals surface area contributed by atoms with Crippen molar-refractivity contribution in [1.29, 1.82) is 0 Å². The first-order valence-corrected chi connectivity index (χ1v) is 8.93. The number of piperidine rings is 1. The van der Waals surface area contributed by atoms with Crippen LogP contribution in [0.15, 0.2) is 60.7 Å². The highest BCUT2D eigenvalue weighted by molar-refractivity contribution is 6.03. The van der Waals surface area contributed by atoms with E-state index < -0.39 is 0 Å². The lowest BCUT2D eigenvalue weighted by Gasteiger charge is -2.47. The normalized spacial score (nSPS) is 23.8. The third kappa shape index (κ3) is 3.10. The topological polar surface area (TPSA) is 40.6 Å². The molecule has 0 spiro atoms. The van der Waals surface area contributed by atoms with Crippen LogP contribution in [0.2, 0.25) is 0 Å². The van der Waals surface area contributed by atoms with Crippen molar-refractivity contribution in [2.24, 2.45) is 0 Å². The molecule has 2 bridgehead atoms. The largest absolute Gasteiger partial charge is 0.276 e. The van der Waals surface area contributed by atoms with Gasteiger partial charge in [0, 0.05) is 6.54 Å². The molecule has 2 unspecified atom stereocenters. The highest BCUT2D eigenvalue weighted by Gasteiger charge is 2.48. The number of benzene rings is 2. The van der Waals surface area contributed by atoms with Crippen LogP contribution in [0.1, 0.15) is 30.4 Å². The molecule has 2 fully saturated rings. The van der Waals surface area contributed by atoms with E-state index in [4.69, 9.17) is 0 Å². The molecule has 2 atom stereocenters. The Hall–Kier alpha value is -2.46. The summed E-state index contributed by atoms with van der Waals surface area (Å²) in [7, 11) is 0. The summed E-state index contributed by atoms with van der Waals surface area (Å²) in [5, 5.41) is 0. The van der Waals surface area contributed by atoms with Gasteiger partial charge in [0.1, 0.15) is 0 Å². The van der Waals surface area contributed by atoms with E-state index in [0.717, 1.165) is 30.4 Å². The lowest BCUT2D eigenvalue weighted by atomic mass is 9.89. The number of hydrogen-bond acceptors (Lipinski definition) is 3. The van der Waals surface area contributed by atoms with Crippen molar-refractivity contribution in [3.05, 3.63) is 71.8 Å². The van der Waals surface area contributed by atoms with Crippen molar-refractivity contribution in [3.63, 3.8) is 0 Å². The van der Waals surface area contributed by atoms with Crippen LogP contribution in [0.3, 0.4) is 0 Å². The maximum absolute atomic E-state index is 13.0. The monoisotopic (exact) mass is 334 g/mol. The number of carbonyl (C=O) groups excluding carboxylic acids is 2. The molecule has 0 radical (unpaired) electrons. The molecule has 4 rings (SSSR count). The molecule has 2 aromatic rings. The van der Waals surface area contributed by atoms with Crippen molar-refractivity contribution < 1.29 is 9.59 Å². The van der Waals surface area contributed by atoms with Gasteiger partial charge in [-0.05, 0) is 30.4 Å². The Morgan fingerprint density at radius 1 is 0.720 bits per heavy atom. The van der Waals surface area contributed by atoms with E-state index in [2.05, 4.69) is 17.0 Å². The average Bonchev–Trinajstić information content (AvgIpc) is 2.66. The fraction of sp³-hybridized carbons (Fsp3) is 0.333. The van der Waals surface area contributed by atoms with Gasteiger partial charge >= 0.3 is 0 Å². The van der Waals surface area contributed by atoms with E-state index in [-0.39, 0.29) is 23.9 Å². The van der Waals surface area contributed by atoms with E-state index in [1.807, 2.05) is 48.5 Å². The minimum Gasteiger partial charge on any atom is -0.276 e. The summed E-state index contributed by atoms with van der Waals surface area (Å²) in [6, 6.07) is 19.5. The second kappa shape index (κ2) is 6.81. The Balaban J connectivity index is 1.58. The number of rotatable bonds is 4. The van der Waals surface area contributed by atoms with E-state index in [1.165, 1.54) is 4.90 Å². The van der Waals surface area contributed by atoms with Crippen molar-refractivity contribution >= 4 is 11.8 Å². The summed E-state index contributed by atoms with van der Waals surface area (Å²) in [5.74, 6) is -0.0820.